The lowest BCUT2D eigenvalue weighted by Crippen LogP contribution is -2.42. The Kier molecular flexibility index (Phi) is 7.93. The van der Waals surface area contributed by atoms with Crippen molar-refractivity contribution < 1.29 is 27.2 Å². The van der Waals surface area contributed by atoms with Gasteiger partial charge in [-0.3, -0.25) is 20.0 Å². The van der Waals surface area contributed by atoms with E-state index in [0.29, 0.717) is 23.8 Å². The molecule has 0 fully saturated rings. The van der Waals surface area contributed by atoms with Gasteiger partial charge >= 0.3 is 6.18 Å². The molecule has 8 nitrogen and oxygen atoms in total. The summed E-state index contributed by atoms with van der Waals surface area (Å²) in [7, 11) is 0. The Labute approximate surface area is 198 Å². The first-order chi connectivity index (χ1) is 16.6. The van der Waals surface area contributed by atoms with Gasteiger partial charge in [0.05, 0.1) is 23.7 Å². The monoisotopic (exact) mass is 490 g/mol. The quantitative estimate of drug-likeness (QED) is 0.424. The van der Waals surface area contributed by atoms with Gasteiger partial charge in [-0.1, -0.05) is 31.2 Å². The Morgan fingerprint density at radius 1 is 1.14 bits per heavy atom. The molecule has 0 saturated heterocycles. The smallest absolute Gasteiger partial charge is 0.350 e. The number of alkyl halides is 3. The highest BCUT2D eigenvalue weighted by Crippen LogP contribution is 2.30. The van der Waals surface area contributed by atoms with Gasteiger partial charge in [-0.05, 0) is 35.7 Å². The zero-order chi connectivity index (χ0) is 25.6. The van der Waals surface area contributed by atoms with Gasteiger partial charge in [-0.2, -0.15) is 18.4 Å². The SMILES string of the molecule is CCc1ccc(C(C#N)NC(=O)C2=CN(CCNC(=O)c3cc(C(F)(F)F)ccc3F)NN2)cc1. The Bertz CT molecular complexity index is 1160. The summed E-state index contributed by atoms with van der Waals surface area (Å²) in [5.74, 6) is -2.64. The van der Waals surface area contributed by atoms with Crippen LogP contribution in [0.15, 0.2) is 54.4 Å². The number of nitrogens with zero attached hydrogens (tertiary/aromatic N) is 2. The molecule has 0 aromatic heterocycles. The van der Waals surface area contributed by atoms with Crippen molar-refractivity contribution in [1.29, 1.82) is 5.26 Å². The number of rotatable bonds is 8. The average Bonchev–Trinajstić information content (AvgIpc) is 3.31. The van der Waals surface area contributed by atoms with Crippen molar-refractivity contribution in [1.82, 2.24) is 26.6 Å². The summed E-state index contributed by atoms with van der Waals surface area (Å²) >= 11 is 0. The molecule has 2 aromatic rings. The number of hydrazine groups is 2. The van der Waals surface area contributed by atoms with E-state index >= 15 is 0 Å². The molecule has 2 amide bonds. The maximum Gasteiger partial charge on any atom is 0.416 e. The van der Waals surface area contributed by atoms with Crippen LogP contribution in [0.1, 0.15) is 40.0 Å². The first kappa shape index (κ1) is 25.5. The standard InChI is InChI=1S/C23H22F4N6O2/c1-2-14-3-5-15(6-4-14)19(12-28)30-22(35)20-13-33(32-31-20)10-9-29-21(34)17-11-16(23(25,26)27)7-8-18(17)24/h3-8,11,13,19,31-32H,2,9-10H2,1H3,(H,29,34)(H,30,35). The van der Waals surface area contributed by atoms with Crippen LogP contribution in [0.2, 0.25) is 0 Å². The molecule has 12 heteroatoms. The van der Waals surface area contributed by atoms with Crippen molar-refractivity contribution in [2.75, 3.05) is 13.1 Å². The van der Waals surface area contributed by atoms with Crippen LogP contribution in [0.25, 0.3) is 0 Å². The number of carbonyl (C=O) groups excluding carboxylic acids is 2. The minimum absolute atomic E-state index is 0.0702. The predicted octanol–water partition coefficient (Wildman–Crippen LogP) is 2.68. The van der Waals surface area contributed by atoms with E-state index in [4.69, 9.17) is 0 Å². The lowest BCUT2D eigenvalue weighted by molar-refractivity contribution is -0.137. The molecule has 0 bridgehead atoms. The molecule has 184 valence electrons. The number of amides is 2. The summed E-state index contributed by atoms with van der Waals surface area (Å²) in [6.07, 6.45) is -2.47. The molecule has 1 atom stereocenters. The van der Waals surface area contributed by atoms with Crippen molar-refractivity contribution >= 4 is 11.8 Å². The topological polar surface area (TPSA) is 109 Å². The second kappa shape index (κ2) is 10.9. The van der Waals surface area contributed by atoms with Crippen molar-refractivity contribution in [3.05, 3.63) is 82.4 Å². The summed E-state index contributed by atoms with van der Waals surface area (Å²) in [5.41, 5.74) is 5.26. The first-order valence-corrected chi connectivity index (χ1v) is 10.6. The number of benzene rings is 2. The molecule has 0 spiro atoms. The Morgan fingerprint density at radius 2 is 1.86 bits per heavy atom. The normalized spacial score (nSPS) is 13.9. The third kappa shape index (κ3) is 6.48. The van der Waals surface area contributed by atoms with Crippen LogP contribution in [-0.4, -0.2) is 29.9 Å². The average molecular weight is 490 g/mol. The highest BCUT2D eigenvalue weighted by atomic mass is 19.4. The maximum atomic E-state index is 13.8. The summed E-state index contributed by atoms with van der Waals surface area (Å²) in [4.78, 5) is 24.6. The second-order valence-corrected chi connectivity index (χ2v) is 7.55. The number of halogens is 4. The molecule has 0 aliphatic carbocycles. The van der Waals surface area contributed by atoms with Gasteiger partial charge in [0.15, 0.2) is 0 Å². The number of carbonyl (C=O) groups is 2. The van der Waals surface area contributed by atoms with E-state index in [1.807, 2.05) is 25.1 Å². The summed E-state index contributed by atoms with van der Waals surface area (Å²) in [5, 5.41) is 15.8. The zero-order valence-corrected chi connectivity index (χ0v) is 18.5. The van der Waals surface area contributed by atoms with E-state index in [9.17, 15) is 32.4 Å². The molecule has 1 heterocycles. The number of nitriles is 1. The third-order valence-electron chi connectivity index (χ3n) is 5.17. The summed E-state index contributed by atoms with van der Waals surface area (Å²) in [6.45, 7) is 2.03. The molecule has 1 unspecified atom stereocenters. The van der Waals surface area contributed by atoms with Crippen molar-refractivity contribution in [3.8, 4) is 6.07 Å². The van der Waals surface area contributed by atoms with E-state index < -0.39 is 41.0 Å². The molecule has 1 aliphatic rings. The molecule has 3 rings (SSSR count). The largest absolute Gasteiger partial charge is 0.416 e. The van der Waals surface area contributed by atoms with Crippen LogP contribution in [0.3, 0.4) is 0 Å². The predicted molar refractivity (Wildman–Crippen MR) is 117 cm³/mol. The van der Waals surface area contributed by atoms with Gasteiger partial charge in [-0.15, -0.1) is 5.53 Å². The molecule has 2 aromatic carbocycles. The van der Waals surface area contributed by atoms with Gasteiger partial charge in [0.1, 0.15) is 17.6 Å². The van der Waals surface area contributed by atoms with Crippen LogP contribution in [0, 0.1) is 17.1 Å². The summed E-state index contributed by atoms with van der Waals surface area (Å²) < 4.78 is 52.3. The third-order valence-corrected chi connectivity index (χ3v) is 5.17. The van der Waals surface area contributed by atoms with Gasteiger partial charge < -0.3 is 10.6 Å². The molecular formula is C23H22F4N6O2. The lowest BCUT2D eigenvalue weighted by Gasteiger charge is -2.15. The fourth-order valence-corrected chi connectivity index (χ4v) is 3.19. The van der Waals surface area contributed by atoms with Gasteiger partial charge in [0.2, 0.25) is 0 Å². The molecule has 4 N–H and O–H groups in total. The highest BCUT2D eigenvalue weighted by Gasteiger charge is 2.32. The van der Waals surface area contributed by atoms with Crippen LogP contribution in [0.4, 0.5) is 17.6 Å². The number of aryl methyl sites for hydroxylation is 1. The van der Waals surface area contributed by atoms with Crippen LogP contribution >= 0.6 is 0 Å². The second-order valence-electron chi connectivity index (χ2n) is 7.55. The van der Waals surface area contributed by atoms with Crippen molar-refractivity contribution in [3.63, 3.8) is 0 Å². The first-order valence-electron chi connectivity index (χ1n) is 10.6. The van der Waals surface area contributed by atoms with Crippen molar-refractivity contribution in [2.24, 2.45) is 0 Å². The van der Waals surface area contributed by atoms with Crippen LogP contribution in [-0.2, 0) is 17.4 Å². The van der Waals surface area contributed by atoms with E-state index in [1.54, 1.807) is 12.1 Å². The number of hydrogen-bond donors (Lipinski definition) is 4. The fourth-order valence-electron chi connectivity index (χ4n) is 3.19. The minimum atomic E-state index is -4.71. The molecule has 1 aliphatic heterocycles. The molecule has 0 saturated carbocycles. The summed E-state index contributed by atoms with van der Waals surface area (Å²) in [6, 6.07) is 10.0. The van der Waals surface area contributed by atoms with Gasteiger partial charge in [0, 0.05) is 12.7 Å². The van der Waals surface area contributed by atoms with Crippen LogP contribution in [0.5, 0.6) is 0 Å². The van der Waals surface area contributed by atoms with Gasteiger partial charge in [0.25, 0.3) is 11.8 Å². The van der Waals surface area contributed by atoms with E-state index in [1.165, 1.54) is 11.2 Å². The van der Waals surface area contributed by atoms with E-state index in [2.05, 4.69) is 21.6 Å². The lowest BCUT2D eigenvalue weighted by atomic mass is 10.0. The van der Waals surface area contributed by atoms with E-state index in [-0.39, 0.29) is 18.8 Å². The molecular weight excluding hydrogens is 468 g/mol. The van der Waals surface area contributed by atoms with Crippen molar-refractivity contribution in [2.45, 2.75) is 25.6 Å². The Hall–Kier alpha value is -4.11. The van der Waals surface area contributed by atoms with Gasteiger partial charge in [-0.25, -0.2) is 4.39 Å². The number of nitrogens with one attached hydrogen (secondary N) is 4. The highest BCUT2D eigenvalue weighted by molar-refractivity contribution is 5.95. The molecule has 0 radical (unpaired) electrons. The van der Waals surface area contributed by atoms with Crippen LogP contribution < -0.4 is 21.6 Å². The zero-order valence-electron chi connectivity index (χ0n) is 18.5. The Balaban J connectivity index is 1.53. The minimum Gasteiger partial charge on any atom is -0.350 e. The maximum absolute atomic E-state index is 13.8. The fraction of sp³-hybridized carbons (Fsp3) is 0.261. The van der Waals surface area contributed by atoms with E-state index in [0.717, 1.165) is 12.0 Å². The number of hydrogen-bond acceptors (Lipinski definition) is 6. The molecule has 35 heavy (non-hydrogen) atoms. The Morgan fingerprint density at radius 3 is 2.49 bits per heavy atom.